The van der Waals surface area contributed by atoms with Gasteiger partial charge < -0.3 is 14.9 Å². The molecular weight excluding hydrogens is 382 g/mol. The van der Waals surface area contributed by atoms with Crippen molar-refractivity contribution >= 4 is 38.1 Å². The van der Waals surface area contributed by atoms with E-state index in [1.54, 1.807) is 0 Å². The number of aliphatic carboxylic acids is 1. The molecule has 0 heterocycles. The normalized spacial score (nSPS) is 9.67. The van der Waals surface area contributed by atoms with Crippen molar-refractivity contribution in [3.63, 3.8) is 0 Å². The fourth-order valence-corrected chi connectivity index (χ4v) is 4.48. The highest BCUT2D eigenvalue weighted by molar-refractivity contribution is 7.79. The summed E-state index contributed by atoms with van der Waals surface area (Å²) < 4.78 is 8.74. The smallest absolute Gasteiger partial charge is 0.314 e. The Morgan fingerprint density at radius 2 is 0.889 bits per heavy atom. The average molecular weight is 404 g/mol. The lowest BCUT2D eigenvalue weighted by Gasteiger charge is -2.18. The van der Waals surface area contributed by atoms with Gasteiger partial charge in [-0.25, -0.2) is 0 Å². The van der Waals surface area contributed by atoms with E-state index in [4.69, 9.17) is 24.3 Å². The van der Waals surface area contributed by atoms with Gasteiger partial charge in [-0.1, -0.05) is 91.0 Å². The van der Waals surface area contributed by atoms with E-state index in [9.17, 15) is 0 Å². The number of hydrogen-bond donors (Lipinski definition) is 3. The van der Waals surface area contributed by atoms with Crippen molar-refractivity contribution in [1.82, 2.24) is 0 Å². The minimum absolute atomic E-state index is 0.446. The Kier molecular flexibility index (Phi) is 10.9. The van der Waals surface area contributed by atoms with Gasteiger partial charge >= 0.3 is 8.25 Å². The number of carboxylic acids is 1. The molecule has 0 aliphatic carbocycles. The highest BCUT2D eigenvalue weighted by Gasteiger charge is 2.14. The molecule has 0 atom stereocenters. The molecule has 0 saturated carbocycles. The van der Waals surface area contributed by atoms with Gasteiger partial charge in [-0.05, 0) is 23.8 Å². The predicted octanol–water partition coefficient (Wildman–Crippen LogP) is 2.90. The molecule has 0 saturated heterocycles. The number of carboxylic acid groups (broad SMARTS) is 1. The van der Waals surface area contributed by atoms with Gasteiger partial charge in [-0.2, -0.15) is 0 Å². The number of benzene rings is 3. The second kappa shape index (κ2) is 13.0. The van der Waals surface area contributed by atoms with Crippen LogP contribution in [0.1, 0.15) is 6.92 Å². The summed E-state index contributed by atoms with van der Waals surface area (Å²) in [6.07, 6.45) is 0. The third-order valence-corrected chi connectivity index (χ3v) is 5.49. The van der Waals surface area contributed by atoms with Gasteiger partial charge in [0.2, 0.25) is 0 Å². The number of carbonyl (C=O) groups is 1. The van der Waals surface area contributed by atoms with Crippen LogP contribution >= 0.6 is 16.2 Å². The van der Waals surface area contributed by atoms with Crippen molar-refractivity contribution in [2.75, 3.05) is 0 Å². The van der Waals surface area contributed by atoms with Gasteiger partial charge in [0.15, 0.2) is 0 Å². The van der Waals surface area contributed by atoms with Crippen molar-refractivity contribution < 1.29 is 24.3 Å². The van der Waals surface area contributed by atoms with Crippen LogP contribution in [-0.2, 0) is 9.36 Å². The lowest BCUT2D eigenvalue weighted by atomic mass is 10.4. The average Bonchev–Trinajstić information content (AvgIpc) is 2.64. The Bertz CT molecular complexity index is 698. The number of rotatable bonds is 3. The molecule has 5 nitrogen and oxygen atoms in total. The summed E-state index contributed by atoms with van der Waals surface area (Å²) in [6, 6.07) is 32.3. The van der Waals surface area contributed by atoms with Crippen LogP contribution in [0.4, 0.5) is 0 Å². The molecule has 3 N–H and O–H groups in total. The molecule has 0 aliphatic heterocycles. The van der Waals surface area contributed by atoms with E-state index in [-0.39, 0.29) is 0 Å². The molecule has 0 radical (unpaired) electrons. The second-order valence-electron chi connectivity index (χ2n) is 5.14. The molecular formula is C20H22O5P2. The standard InChI is InChI=1S/C18H15P.C2H4O2.H3O3P/c1-4-10-16(11-5-1)19(17-12-6-2-7-13-17)18-14-8-3-9-15-18;1-2(3)4;1-4(2)3/h1-15H;1H3,(H,3,4);4H,(H2,1,2,3). The molecule has 27 heavy (non-hydrogen) atoms. The summed E-state index contributed by atoms with van der Waals surface area (Å²) in [6.45, 7) is 1.08. The first-order valence-corrected chi connectivity index (χ1v) is 10.6. The fourth-order valence-electron chi connectivity index (χ4n) is 2.18. The molecule has 7 heteroatoms. The molecule has 142 valence electrons. The Hall–Kier alpha value is -2.29. The van der Waals surface area contributed by atoms with Crippen molar-refractivity contribution in [3.05, 3.63) is 91.0 Å². The zero-order valence-electron chi connectivity index (χ0n) is 14.8. The second-order valence-corrected chi connectivity index (χ2v) is 7.93. The van der Waals surface area contributed by atoms with E-state index in [1.165, 1.54) is 15.9 Å². The minimum Gasteiger partial charge on any atom is -0.481 e. The Balaban J connectivity index is 0.000000390. The third kappa shape index (κ3) is 9.83. The van der Waals surface area contributed by atoms with Crippen molar-refractivity contribution in [3.8, 4) is 0 Å². The first kappa shape index (κ1) is 22.8. The molecule has 3 aromatic rings. The van der Waals surface area contributed by atoms with Crippen LogP contribution in [0.3, 0.4) is 0 Å². The van der Waals surface area contributed by atoms with E-state index in [2.05, 4.69) is 91.0 Å². The van der Waals surface area contributed by atoms with Crippen LogP contribution in [0, 0.1) is 0 Å². The van der Waals surface area contributed by atoms with Gasteiger partial charge in [-0.3, -0.25) is 9.36 Å². The maximum atomic E-state index is 9.00. The molecule has 0 spiro atoms. The third-order valence-electron chi connectivity index (χ3n) is 3.04. The molecule has 0 fully saturated rings. The lowest BCUT2D eigenvalue weighted by molar-refractivity contribution is -0.134. The lowest BCUT2D eigenvalue weighted by Crippen LogP contribution is -2.20. The maximum absolute atomic E-state index is 9.00. The molecule has 0 bridgehead atoms. The zero-order valence-corrected chi connectivity index (χ0v) is 16.7. The topological polar surface area (TPSA) is 94.8 Å². The Labute approximate surface area is 160 Å². The van der Waals surface area contributed by atoms with E-state index >= 15 is 0 Å². The van der Waals surface area contributed by atoms with Gasteiger partial charge in [-0.15, -0.1) is 0 Å². The van der Waals surface area contributed by atoms with Crippen LogP contribution in [0.5, 0.6) is 0 Å². The van der Waals surface area contributed by atoms with Crippen LogP contribution in [0.15, 0.2) is 91.0 Å². The van der Waals surface area contributed by atoms with Crippen molar-refractivity contribution in [2.45, 2.75) is 6.92 Å². The highest BCUT2D eigenvalue weighted by atomic mass is 31.1. The van der Waals surface area contributed by atoms with Crippen molar-refractivity contribution in [1.29, 1.82) is 0 Å². The van der Waals surface area contributed by atoms with Gasteiger partial charge in [0.05, 0.1) is 0 Å². The molecule has 0 unspecified atom stereocenters. The molecule has 0 aliphatic rings. The highest BCUT2D eigenvalue weighted by Crippen LogP contribution is 2.32. The summed E-state index contributed by atoms with van der Waals surface area (Å²) in [4.78, 5) is 23.3. The first-order valence-electron chi connectivity index (χ1n) is 7.98. The SMILES string of the molecule is CC(=O)O.O=[PH](O)O.c1ccc(P(c2ccccc2)c2ccccc2)cc1. The molecule has 3 aromatic carbocycles. The summed E-state index contributed by atoms with van der Waals surface area (Å²) in [5.74, 6) is -0.833. The maximum Gasteiger partial charge on any atom is 0.314 e. The van der Waals surface area contributed by atoms with Gasteiger partial charge in [0, 0.05) is 6.92 Å². The predicted molar refractivity (Wildman–Crippen MR) is 112 cm³/mol. The van der Waals surface area contributed by atoms with Gasteiger partial charge in [0.25, 0.3) is 5.97 Å². The van der Waals surface area contributed by atoms with E-state index < -0.39 is 22.1 Å². The molecule has 0 amide bonds. The minimum atomic E-state index is -3.13. The van der Waals surface area contributed by atoms with Crippen LogP contribution in [-0.4, -0.2) is 20.9 Å². The quantitative estimate of drug-likeness (QED) is 0.584. The number of hydrogen-bond acceptors (Lipinski definition) is 2. The zero-order chi connectivity index (χ0) is 20.1. The molecule has 0 aromatic heterocycles. The summed E-state index contributed by atoms with van der Waals surface area (Å²) in [5.41, 5.74) is 0. The van der Waals surface area contributed by atoms with Crippen LogP contribution < -0.4 is 15.9 Å². The van der Waals surface area contributed by atoms with Crippen LogP contribution in [0.25, 0.3) is 0 Å². The first-order chi connectivity index (χ1) is 12.9. The molecule has 3 rings (SSSR count). The van der Waals surface area contributed by atoms with E-state index in [0.29, 0.717) is 0 Å². The van der Waals surface area contributed by atoms with Crippen LogP contribution in [0.2, 0.25) is 0 Å². The Morgan fingerprint density at radius 3 is 1.07 bits per heavy atom. The largest absolute Gasteiger partial charge is 0.481 e. The van der Waals surface area contributed by atoms with Gasteiger partial charge in [0.1, 0.15) is 0 Å². The monoisotopic (exact) mass is 404 g/mol. The summed E-state index contributed by atoms with van der Waals surface area (Å²) in [7, 11) is -3.58. The van der Waals surface area contributed by atoms with E-state index in [0.717, 1.165) is 6.92 Å². The summed E-state index contributed by atoms with van der Waals surface area (Å²) >= 11 is 0. The van der Waals surface area contributed by atoms with E-state index in [1.807, 2.05) is 0 Å². The summed E-state index contributed by atoms with van der Waals surface area (Å²) in [5, 5.41) is 11.6. The van der Waals surface area contributed by atoms with Crippen molar-refractivity contribution in [2.24, 2.45) is 0 Å². The fraction of sp³-hybridized carbons (Fsp3) is 0.0500. The Morgan fingerprint density at radius 1 is 0.704 bits per heavy atom.